The van der Waals surface area contributed by atoms with Crippen molar-refractivity contribution in [3.05, 3.63) is 0 Å². The summed E-state index contributed by atoms with van der Waals surface area (Å²) in [5.41, 5.74) is 4.78. The van der Waals surface area contributed by atoms with E-state index in [-0.39, 0.29) is 24.5 Å². The fourth-order valence-corrected chi connectivity index (χ4v) is 3.19. The van der Waals surface area contributed by atoms with Gasteiger partial charge in [0.1, 0.15) is 6.10 Å². The summed E-state index contributed by atoms with van der Waals surface area (Å²) in [5.74, 6) is -2.17. The van der Waals surface area contributed by atoms with Gasteiger partial charge in [0.05, 0.1) is 24.0 Å². The van der Waals surface area contributed by atoms with Crippen molar-refractivity contribution in [1.82, 2.24) is 5.32 Å². The Kier molecular flexibility index (Phi) is 3.87. The highest BCUT2D eigenvalue weighted by atomic mass is 32.2. The highest BCUT2D eigenvalue weighted by Crippen LogP contribution is 2.18. The van der Waals surface area contributed by atoms with E-state index in [1.165, 1.54) is 0 Å². The molecule has 1 saturated heterocycles. The van der Waals surface area contributed by atoms with Gasteiger partial charge in [-0.3, -0.25) is 9.59 Å². The molecule has 1 aliphatic rings. The lowest BCUT2D eigenvalue weighted by Crippen LogP contribution is -2.42. The first-order valence-electron chi connectivity index (χ1n) is 4.77. The number of hydrogen-bond donors (Lipinski definition) is 3. The summed E-state index contributed by atoms with van der Waals surface area (Å²) in [7, 11) is -3.11. The van der Waals surface area contributed by atoms with Crippen LogP contribution in [-0.2, 0) is 19.4 Å². The van der Waals surface area contributed by atoms with Gasteiger partial charge in [0.2, 0.25) is 11.8 Å². The highest BCUT2D eigenvalue weighted by molar-refractivity contribution is 7.91. The Morgan fingerprint density at radius 2 is 2.12 bits per heavy atom. The van der Waals surface area contributed by atoms with Gasteiger partial charge in [-0.05, 0) is 6.42 Å². The number of carbonyl (C=O) groups is 2. The lowest BCUT2D eigenvalue weighted by atomic mass is 10.1. The molecule has 16 heavy (non-hydrogen) atoms. The fourth-order valence-electron chi connectivity index (χ4n) is 1.44. The topological polar surface area (TPSA) is 127 Å². The van der Waals surface area contributed by atoms with Gasteiger partial charge < -0.3 is 16.2 Å². The number of hydrogen-bond acceptors (Lipinski definition) is 5. The van der Waals surface area contributed by atoms with Crippen molar-refractivity contribution in [1.29, 1.82) is 0 Å². The standard InChI is InChI=1S/C8H14N2O5S/c9-7(12)6(11)3-10-8(13)5-1-2-16(14,15)4-5/h5-6,11H,1-4H2,(H2,9,12)(H,10,13). The van der Waals surface area contributed by atoms with E-state index in [4.69, 9.17) is 10.8 Å². The molecule has 1 heterocycles. The van der Waals surface area contributed by atoms with Crippen LogP contribution in [0.5, 0.6) is 0 Å². The first kappa shape index (κ1) is 12.9. The zero-order valence-electron chi connectivity index (χ0n) is 8.55. The van der Waals surface area contributed by atoms with Crippen molar-refractivity contribution < 1.29 is 23.1 Å². The van der Waals surface area contributed by atoms with Crippen LogP contribution in [0, 0.1) is 5.92 Å². The van der Waals surface area contributed by atoms with Crippen molar-refractivity contribution in [2.45, 2.75) is 12.5 Å². The first-order chi connectivity index (χ1) is 7.32. The molecule has 0 saturated carbocycles. The smallest absolute Gasteiger partial charge is 0.248 e. The Morgan fingerprint density at radius 3 is 2.56 bits per heavy atom. The number of nitrogens with two attached hydrogens (primary N) is 1. The zero-order chi connectivity index (χ0) is 12.3. The van der Waals surface area contributed by atoms with E-state index in [1.54, 1.807) is 0 Å². The fraction of sp³-hybridized carbons (Fsp3) is 0.750. The zero-order valence-corrected chi connectivity index (χ0v) is 9.37. The van der Waals surface area contributed by atoms with Crippen molar-refractivity contribution in [3.8, 4) is 0 Å². The molecule has 7 nitrogen and oxygen atoms in total. The van der Waals surface area contributed by atoms with Crippen LogP contribution >= 0.6 is 0 Å². The van der Waals surface area contributed by atoms with Gasteiger partial charge in [0.25, 0.3) is 0 Å². The Morgan fingerprint density at radius 1 is 1.50 bits per heavy atom. The quantitative estimate of drug-likeness (QED) is 0.503. The minimum absolute atomic E-state index is 0.00343. The van der Waals surface area contributed by atoms with Crippen molar-refractivity contribution in [2.75, 3.05) is 18.1 Å². The van der Waals surface area contributed by atoms with Gasteiger partial charge in [0.15, 0.2) is 9.84 Å². The Balaban J connectivity index is 2.40. The van der Waals surface area contributed by atoms with Crippen LogP contribution in [-0.4, -0.2) is 49.5 Å². The van der Waals surface area contributed by atoms with Crippen LogP contribution in [0.15, 0.2) is 0 Å². The van der Waals surface area contributed by atoms with Gasteiger partial charge in [-0.1, -0.05) is 0 Å². The summed E-state index contributed by atoms with van der Waals surface area (Å²) in [6.07, 6.45) is -1.16. The van der Waals surface area contributed by atoms with Crippen LogP contribution < -0.4 is 11.1 Å². The second-order valence-corrected chi connectivity index (χ2v) is 5.99. The molecule has 0 aromatic heterocycles. The minimum atomic E-state index is -3.11. The number of sulfone groups is 1. The van der Waals surface area contributed by atoms with Crippen LogP contribution in [0.25, 0.3) is 0 Å². The highest BCUT2D eigenvalue weighted by Gasteiger charge is 2.33. The van der Waals surface area contributed by atoms with Crippen molar-refractivity contribution in [3.63, 3.8) is 0 Å². The summed E-state index contributed by atoms with van der Waals surface area (Å²) >= 11 is 0. The number of amides is 2. The van der Waals surface area contributed by atoms with Gasteiger partial charge in [-0.2, -0.15) is 0 Å². The van der Waals surface area contributed by atoms with Crippen LogP contribution in [0.4, 0.5) is 0 Å². The first-order valence-corrected chi connectivity index (χ1v) is 6.59. The molecule has 4 N–H and O–H groups in total. The number of carbonyl (C=O) groups excluding carboxylic acids is 2. The summed E-state index contributed by atoms with van der Waals surface area (Å²) in [5, 5.41) is 11.3. The summed E-state index contributed by atoms with van der Waals surface area (Å²) in [6.45, 7) is -0.287. The van der Waals surface area contributed by atoms with E-state index in [2.05, 4.69) is 5.32 Å². The Bertz CT molecular complexity index is 391. The monoisotopic (exact) mass is 250 g/mol. The van der Waals surface area contributed by atoms with Gasteiger partial charge in [-0.15, -0.1) is 0 Å². The maximum Gasteiger partial charge on any atom is 0.248 e. The van der Waals surface area contributed by atoms with E-state index in [0.717, 1.165) is 0 Å². The Hall–Kier alpha value is -1.15. The number of primary amides is 1. The molecule has 2 atom stereocenters. The van der Waals surface area contributed by atoms with E-state index in [1.807, 2.05) is 0 Å². The molecule has 2 unspecified atom stereocenters. The molecular weight excluding hydrogens is 236 g/mol. The molecular formula is C8H14N2O5S. The van der Waals surface area contributed by atoms with Gasteiger partial charge >= 0.3 is 0 Å². The molecule has 2 amide bonds. The molecule has 0 aromatic rings. The summed E-state index contributed by atoms with van der Waals surface area (Å²) in [4.78, 5) is 21.9. The van der Waals surface area contributed by atoms with Crippen LogP contribution in [0.2, 0.25) is 0 Å². The molecule has 92 valence electrons. The second-order valence-electron chi connectivity index (χ2n) is 3.76. The lowest BCUT2D eigenvalue weighted by molar-refractivity contribution is -0.128. The van der Waals surface area contributed by atoms with E-state index in [9.17, 15) is 18.0 Å². The predicted molar refractivity (Wildman–Crippen MR) is 55.0 cm³/mol. The van der Waals surface area contributed by atoms with E-state index < -0.39 is 33.7 Å². The average Bonchev–Trinajstić information content (AvgIpc) is 2.54. The number of aliphatic hydroxyl groups excluding tert-OH is 1. The number of aliphatic hydroxyl groups is 1. The molecule has 0 bridgehead atoms. The molecule has 8 heteroatoms. The normalized spacial score (nSPS) is 24.9. The third kappa shape index (κ3) is 3.46. The average molecular weight is 250 g/mol. The van der Waals surface area contributed by atoms with Crippen molar-refractivity contribution in [2.24, 2.45) is 11.7 Å². The third-order valence-electron chi connectivity index (χ3n) is 2.40. The number of rotatable bonds is 4. The molecule has 0 aliphatic carbocycles. The molecule has 0 aromatic carbocycles. The molecule has 1 aliphatic heterocycles. The van der Waals surface area contributed by atoms with Gasteiger partial charge in [0, 0.05) is 0 Å². The van der Waals surface area contributed by atoms with Crippen LogP contribution in [0.1, 0.15) is 6.42 Å². The largest absolute Gasteiger partial charge is 0.381 e. The second kappa shape index (κ2) is 4.79. The van der Waals surface area contributed by atoms with E-state index >= 15 is 0 Å². The predicted octanol–water partition coefficient (Wildman–Crippen LogP) is -2.62. The van der Waals surface area contributed by atoms with Gasteiger partial charge in [-0.25, -0.2) is 8.42 Å². The summed E-state index contributed by atoms with van der Waals surface area (Å²) in [6, 6.07) is 0. The maximum absolute atomic E-state index is 11.4. The van der Waals surface area contributed by atoms with Crippen LogP contribution in [0.3, 0.4) is 0 Å². The molecule has 0 radical (unpaired) electrons. The SMILES string of the molecule is NC(=O)C(O)CNC(=O)C1CCS(=O)(=O)C1. The Labute approximate surface area is 92.9 Å². The minimum Gasteiger partial charge on any atom is -0.381 e. The summed E-state index contributed by atoms with van der Waals surface area (Å²) < 4.78 is 22.2. The molecule has 1 fully saturated rings. The third-order valence-corrected chi connectivity index (χ3v) is 4.17. The van der Waals surface area contributed by atoms with E-state index in [0.29, 0.717) is 0 Å². The van der Waals surface area contributed by atoms with Crippen molar-refractivity contribution >= 4 is 21.7 Å². The number of nitrogens with one attached hydrogen (secondary N) is 1. The lowest BCUT2D eigenvalue weighted by Gasteiger charge is -2.11. The molecule has 0 spiro atoms. The molecule has 1 rings (SSSR count). The maximum atomic E-state index is 11.4.